The van der Waals surface area contributed by atoms with Crippen molar-refractivity contribution in [3.8, 4) is 0 Å². The van der Waals surface area contributed by atoms with Gasteiger partial charge >= 0.3 is 0 Å². The fourth-order valence-electron chi connectivity index (χ4n) is 2.43. The maximum atomic E-state index is 11.9. The summed E-state index contributed by atoms with van der Waals surface area (Å²) in [6, 6.07) is 0.280. The average Bonchev–Trinajstić information content (AvgIpc) is 2.20. The summed E-state index contributed by atoms with van der Waals surface area (Å²) in [6.45, 7) is 8.31. The van der Waals surface area contributed by atoms with Crippen molar-refractivity contribution in [3.05, 3.63) is 0 Å². The zero-order chi connectivity index (χ0) is 12.3. The quantitative estimate of drug-likeness (QED) is 0.772. The van der Waals surface area contributed by atoms with Crippen molar-refractivity contribution in [1.82, 2.24) is 5.32 Å². The lowest BCUT2D eigenvalue weighted by atomic mass is 9.79. The van der Waals surface area contributed by atoms with Crippen LogP contribution in [0.25, 0.3) is 0 Å². The summed E-state index contributed by atoms with van der Waals surface area (Å²) in [7, 11) is 0. The number of amides is 1. The largest absolute Gasteiger partial charge is 0.353 e. The van der Waals surface area contributed by atoms with E-state index in [1.165, 1.54) is 12.8 Å². The Labute approximate surface area is 99.2 Å². The van der Waals surface area contributed by atoms with E-state index in [0.717, 1.165) is 12.3 Å². The minimum atomic E-state index is -0.0912. The van der Waals surface area contributed by atoms with Gasteiger partial charge in [0.05, 0.1) is 0 Å². The fourth-order valence-corrected chi connectivity index (χ4v) is 2.43. The van der Waals surface area contributed by atoms with E-state index in [1.807, 2.05) is 13.8 Å². The van der Waals surface area contributed by atoms with Crippen LogP contribution in [0.1, 0.15) is 47.0 Å². The Hall–Kier alpha value is -0.570. The maximum Gasteiger partial charge on any atom is 0.224 e. The second-order valence-electron chi connectivity index (χ2n) is 5.66. The minimum Gasteiger partial charge on any atom is -0.353 e. The van der Waals surface area contributed by atoms with Gasteiger partial charge in [-0.05, 0) is 38.0 Å². The van der Waals surface area contributed by atoms with Gasteiger partial charge in [0, 0.05) is 18.0 Å². The molecular formula is C13H26N2O. The van der Waals surface area contributed by atoms with Crippen molar-refractivity contribution in [1.29, 1.82) is 0 Å². The van der Waals surface area contributed by atoms with Crippen LogP contribution in [-0.4, -0.2) is 18.0 Å². The molecular weight excluding hydrogens is 200 g/mol. The Kier molecular flexibility index (Phi) is 4.78. The number of nitrogens with two attached hydrogens (primary N) is 1. The second kappa shape index (κ2) is 5.67. The summed E-state index contributed by atoms with van der Waals surface area (Å²) < 4.78 is 0. The van der Waals surface area contributed by atoms with E-state index in [4.69, 9.17) is 5.73 Å². The third kappa shape index (κ3) is 3.48. The van der Waals surface area contributed by atoms with Crippen LogP contribution in [0.5, 0.6) is 0 Å². The van der Waals surface area contributed by atoms with Crippen LogP contribution in [0.15, 0.2) is 0 Å². The summed E-state index contributed by atoms with van der Waals surface area (Å²) in [6.07, 6.45) is 3.55. The molecule has 0 aliphatic heterocycles. The van der Waals surface area contributed by atoms with Crippen LogP contribution < -0.4 is 11.1 Å². The number of hydrogen-bond donors (Lipinski definition) is 2. The average molecular weight is 226 g/mol. The van der Waals surface area contributed by atoms with Gasteiger partial charge < -0.3 is 11.1 Å². The SMILES string of the molecule is CC1CCC(NC(=O)C(C)C(C)N)C(C)C1. The molecule has 0 radical (unpaired) electrons. The van der Waals surface area contributed by atoms with Crippen molar-refractivity contribution >= 4 is 5.91 Å². The van der Waals surface area contributed by atoms with Crippen LogP contribution in [0.4, 0.5) is 0 Å². The molecule has 1 aliphatic carbocycles. The lowest BCUT2D eigenvalue weighted by molar-refractivity contribution is -0.126. The molecule has 1 fully saturated rings. The highest BCUT2D eigenvalue weighted by molar-refractivity contribution is 5.79. The van der Waals surface area contributed by atoms with Gasteiger partial charge in [-0.1, -0.05) is 20.8 Å². The van der Waals surface area contributed by atoms with Gasteiger partial charge in [0.25, 0.3) is 0 Å². The van der Waals surface area contributed by atoms with Crippen molar-refractivity contribution < 1.29 is 4.79 Å². The molecule has 0 aromatic carbocycles. The first-order valence-corrected chi connectivity index (χ1v) is 6.47. The Bertz CT molecular complexity index is 240. The maximum absolute atomic E-state index is 11.9. The zero-order valence-corrected chi connectivity index (χ0v) is 11.0. The van der Waals surface area contributed by atoms with E-state index >= 15 is 0 Å². The van der Waals surface area contributed by atoms with Crippen LogP contribution in [0.2, 0.25) is 0 Å². The summed E-state index contributed by atoms with van der Waals surface area (Å²) in [4.78, 5) is 11.9. The first-order chi connectivity index (χ1) is 7.41. The number of hydrogen-bond acceptors (Lipinski definition) is 2. The molecule has 5 atom stereocenters. The summed E-state index contributed by atoms with van der Waals surface area (Å²) in [5, 5.41) is 3.15. The highest BCUT2D eigenvalue weighted by atomic mass is 16.1. The second-order valence-corrected chi connectivity index (χ2v) is 5.66. The molecule has 1 rings (SSSR count). The molecule has 0 bridgehead atoms. The van der Waals surface area contributed by atoms with E-state index in [-0.39, 0.29) is 17.9 Å². The fraction of sp³-hybridized carbons (Fsp3) is 0.923. The minimum absolute atomic E-state index is 0.0715. The molecule has 16 heavy (non-hydrogen) atoms. The number of carbonyl (C=O) groups is 1. The molecule has 0 heterocycles. The molecule has 0 spiro atoms. The molecule has 0 aromatic rings. The summed E-state index contributed by atoms with van der Waals surface area (Å²) in [5.74, 6) is 1.41. The predicted molar refractivity (Wildman–Crippen MR) is 66.9 cm³/mol. The van der Waals surface area contributed by atoms with Gasteiger partial charge in [-0.15, -0.1) is 0 Å². The van der Waals surface area contributed by atoms with Crippen molar-refractivity contribution in [3.63, 3.8) is 0 Å². The monoisotopic (exact) mass is 226 g/mol. The first kappa shape index (κ1) is 13.5. The molecule has 0 aromatic heterocycles. The smallest absolute Gasteiger partial charge is 0.224 e. The van der Waals surface area contributed by atoms with Gasteiger partial charge in [0.2, 0.25) is 5.91 Å². The molecule has 94 valence electrons. The lowest BCUT2D eigenvalue weighted by Gasteiger charge is -2.34. The van der Waals surface area contributed by atoms with Gasteiger partial charge in [-0.2, -0.15) is 0 Å². The summed E-state index contributed by atoms with van der Waals surface area (Å²) in [5.41, 5.74) is 5.74. The van der Waals surface area contributed by atoms with E-state index in [2.05, 4.69) is 19.2 Å². The highest BCUT2D eigenvalue weighted by Gasteiger charge is 2.28. The van der Waals surface area contributed by atoms with Crippen LogP contribution in [-0.2, 0) is 4.79 Å². The van der Waals surface area contributed by atoms with Gasteiger partial charge in [-0.25, -0.2) is 0 Å². The molecule has 3 N–H and O–H groups in total. The van der Waals surface area contributed by atoms with Gasteiger partial charge in [0.15, 0.2) is 0 Å². The van der Waals surface area contributed by atoms with E-state index < -0.39 is 0 Å². The zero-order valence-electron chi connectivity index (χ0n) is 11.0. The van der Waals surface area contributed by atoms with Gasteiger partial charge in [-0.3, -0.25) is 4.79 Å². The van der Waals surface area contributed by atoms with Crippen LogP contribution in [0.3, 0.4) is 0 Å². The first-order valence-electron chi connectivity index (χ1n) is 6.47. The number of carbonyl (C=O) groups excluding carboxylic acids is 1. The summed E-state index contributed by atoms with van der Waals surface area (Å²) >= 11 is 0. The third-order valence-corrected chi connectivity index (χ3v) is 3.96. The molecule has 1 saturated carbocycles. The highest BCUT2D eigenvalue weighted by Crippen LogP contribution is 2.28. The van der Waals surface area contributed by atoms with Gasteiger partial charge in [0.1, 0.15) is 0 Å². The van der Waals surface area contributed by atoms with Crippen LogP contribution >= 0.6 is 0 Å². The predicted octanol–water partition coefficient (Wildman–Crippen LogP) is 1.91. The van der Waals surface area contributed by atoms with Crippen molar-refractivity contribution in [2.75, 3.05) is 0 Å². The molecule has 1 aliphatic rings. The van der Waals surface area contributed by atoms with Crippen molar-refractivity contribution in [2.45, 2.75) is 59.0 Å². The number of nitrogens with one attached hydrogen (secondary N) is 1. The molecule has 5 unspecified atom stereocenters. The molecule has 3 nitrogen and oxygen atoms in total. The van der Waals surface area contributed by atoms with E-state index in [9.17, 15) is 4.79 Å². The lowest BCUT2D eigenvalue weighted by Crippen LogP contribution is -2.47. The standard InChI is InChI=1S/C13H26N2O/c1-8-5-6-12(9(2)7-8)15-13(16)10(3)11(4)14/h8-12H,5-7,14H2,1-4H3,(H,15,16). The Morgan fingerprint density at radius 1 is 1.31 bits per heavy atom. The number of rotatable bonds is 3. The third-order valence-electron chi connectivity index (χ3n) is 3.96. The Morgan fingerprint density at radius 3 is 2.44 bits per heavy atom. The van der Waals surface area contributed by atoms with Crippen molar-refractivity contribution in [2.24, 2.45) is 23.5 Å². The molecule has 1 amide bonds. The van der Waals surface area contributed by atoms with E-state index in [0.29, 0.717) is 12.0 Å². The normalized spacial score (nSPS) is 34.2. The topological polar surface area (TPSA) is 55.1 Å². The van der Waals surface area contributed by atoms with Crippen LogP contribution in [0, 0.1) is 17.8 Å². The Morgan fingerprint density at radius 2 is 1.94 bits per heavy atom. The van der Waals surface area contributed by atoms with E-state index in [1.54, 1.807) is 0 Å². The Balaban J connectivity index is 2.45. The molecule has 0 saturated heterocycles. The molecule has 3 heteroatoms.